The van der Waals surface area contributed by atoms with Crippen molar-refractivity contribution in [2.45, 2.75) is 57.9 Å². The summed E-state index contributed by atoms with van der Waals surface area (Å²) in [6.07, 6.45) is 6.59. The Morgan fingerprint density at radius 3 is 2.22 bits per heavy atom. The van der Waals surface area contributed by atoms with Crippen LogP contribution in [0.2, 0.25) is 0 Å². The van der Waals surface area contributed by atoms with Crippen molar-refractivity contribution >= 4 is 17.8 Å². The second kappa shape index (κ2) is 8.31. The van der Waals surface area contributed by atoms with Crippen molar-refractivity contribution < 1.29 is 19.1 Å². The van der Waals surface area contributed by atoms with Crippen LogP contribution in [0.25, 0.3) is 0 Å². The van der Waals surface area contributed by atoms with Crippen LogP contribution in [-0.2, 0) is 19.1 Å². The van der Waals surface area contributed by atoms with Crippen molar-refractivity contribution in [1.29, 1.82) is 0 Å². The quantitative estimate of drug-likeness (QED) is 0.584. The molecule has 0 radical (unpaired) electrons. The van der Waals surface area contributed by atoms with E-state index in [2.05, 4.69) is 0 Å². The number of rotatable bonds is 3. The van der Waals surface area contributed by atoms with E-state index in [4.69, 9.17) is 4.74 Å². The summed E-state index contributed by atoms with van der Waals surface area (Å²) in [5.74, 6) is -1.18. The Morgan fingerprint density at radius 2 is 1.65 bits per heavy atom. The lowest BCUT2D eigenvalue weighted by Crippen LogP contribution is -2.50. The van der Waals surface area contributed by atoms with Crippen molar-refractivity contribution in [2.24, 2.45) is 5.92 Å². The fourth-order valence-electron chi connectivity index (χ4n) is 3.50. The molecule has 23 heavy (non-hydrogen) atoms. The zero-order chi connectivity index (χ0) is 16.8. The SMILES string of the molecule is CCOC(=O)C1CCN(C(=O)C(=O)N(C)C2CCCCC2)CC1. The van der Waals surface area contributed by atoms with E-state index >= 15 is 0 Å². The Morgan fingerprint density at radius 1 is 1.04 bits per heavy atom. The number of hydrogen-bond acceptors (Lipinski definition) is 4. The van der Waals surface area contributed by atoms with Crippen LogP contribution in [0.15, 0.2) is 0 Å². The highest BCUT2D eigenvalue weighted by atomic mass is 16.5. The molecule has 0 aromatic heterocycles. The second-order valence-electron chi connectivity index (χ2n) is 6.53. The van der Waals surface area contributed by atoms with E-state index in [0.717, 1.165) is 25.7 Å². The van der Waals surface area contributed by atoms with Crippen LogP contribution in [0.1, 0.15) is 51.9 Å². The van der Waals surface area contributed by atoms with E-state index in [-0.39, 0.29) is 17.9 Å². The third-order valence-electron chi connectivity index (χ3n) is 5.03. The van der Waals surface area contributed by atoms with E-state index < -0.39 is 11.8 Å². The van der Waals surface area contributed by atoms with Crippen LogP contribution in [0.5, 0.6) is 0 Å². The number of likely N-dealkylation sites (N-methyl/N-ethyl adjacent to an activating group) is 1. The van der Waals surface area contributed by atoms with Gasteiger partial charge in [0.15, 0.2) is 0 Å². The number of esters is 1. The summed E-state index contributed by atoms with van der Waals surface area (Å²) in [4.78, 5) is 39.7. The van der Waals surface area contributed by atoms with Crippen molar-refractivity contribution in [2.75, 3.05) is 26.7 Å². The van der Waals surface area contributed by atoms with Crippen LogP contribution < -0.4 is 0 Å². The van der Waals surface area contributed by atoms with Gasteiger partial charge in [0.2, 0.25) is 0 Å². The number of nitrogens with zero attached hydrogens (tertiary/aromatic N) is 2. The number of piperidine rings is 1. The lowest BCUT2D eigenvalue weighted by Gasteiger charge is -2.34. The molecule has 2 rings (SSSR count). The first-order valence-corrected chi connectivity index (χ1v) is 8.77. The van der Waals surface area contributed by atoms with Crippen LogP contribution in [0, 0.1) is 5.92 Å². The minimum Gasteiger partial charge on any atom is -0.466 e. The molecule has 0 bridgehead atoms. The fraction of sp³-hybridized carbons (Fsp3) is 0.824. The van der Waals surface area contributed by atoms with Gasteiger partial charge in [-0.2, -0.15) is 0 Å². The van der Waals surface area contributed by atoms with E-state index in [9.17, 15) is 14.4 Å². The number of ether oxygens (including phenoxy) is 1. The molecule has 0 unspecified atom stereocenters. The molecule has 0 aromatic carbocycles. The fourth-order valence-corrected chi connectivity index (χ4v) is 3.50. The molecule has 0 aromatic rings. The number of carbonyl (C=O) groups is 3. The molecule has 2 aliphatic rings. The van der Waals surface area contributed by atoms with E-state index in [1.54, 1.807) is 23.8 Å². The first-order valence-electron chi connectivity index (χ1n) is 8.77. The maximum absolute atomic E-state index is 12.4. The van der Waals surface area contributed by atoms with Crippen LogP contribution in [0.4, 0.5) is 0 Å². The summed E-state index contributed by atoms with van der Waals surface area (Å²) in [5, 5.41) is 0. The molecule has 2 fully saturated rings. The minimum atomic E-state index is -0.430. The van der Waals surface area contributed by atoms with E-state index in [1.165, 1.54) is 6.42 Å². The van der Waals surface area contributed by atoms with Crippen LogP contribution in [0.3, 0.4) is 0 Å². The maximum Gasteiger partial charge on any atom is 0.312 e. The molecule has 1 heterocycles. The number of likely N-dealkylation sites (tertiary alicyclic amines) is 1. The Labute approximate surface area is 138 Å². The van der Waals surface area contributed by atoms with Gasteiger partial charge in [-0.1, -0.05) is 19.3 Å². The zero-order valence-electron chi connectivity index (χ0n) is 14.3. The number of hydrogen-bond donors (Lipinski definition) is 0. The van der Waals surface area contributed by atoms with Gasteiger partial charge in [0.25, 0.3) is 0 Å². The van der Waals surface area contributed by atoms with Crippen LogP contribution in [-0.4, -0.2) is 60.4 Å². The van der Waals surface area contributed by atoms with Gasteiger partial charge < -0.3 is 14.5 Å². The van der Waals surface area contributed by atoms with Gasteiger partial charge in [0, 0.05) is 26.2 Å². The molecule has 1 aliphatic heterocycles. The molecule has 130 valence electrons. The van der Waals surface area contributed by atoms with Gasteiger partial charge in [-0.3, -0.25) is 14.4 Å². The van der Waals surface area contributed by atoms with Crippen LogP contribution >= 0.6 is 0 Å². The third-order valence-corrected chi connectivity index (χ3v) is 5.03. The Bertz CT molecular complexity index is 438. The van der Waals surface area contributed by atoms with Gasteiger partial charge >= 0.3 is 17.8 Å². The van der Waals surface area contributed by atoms with E-state index in [1.807, 2.05) is 0 Å². The monoisotopic (exact) mass is 324 g/mol. The summed E-state index contributed by atoms with van der Waals surface area (Å²) >= 11 is 0. The predicted octanol–water partition coefficient (Wildman–Crippen LogP) is 1.58. The van der Waals surface area contributed by atoms with Crippen molar-refractivity contribution in [3.63, 3.8) is 0 Å². The molecule has 1 saturated carbocycles. The Kier molecular flexibility index (Phi) is 6.42. The average Bonchev–Trinajstić information content (AvgIpc) is 2.61. The molecule has 1 saturated heterocycles. The molecule has 6 nitrogen and oxygen atoms in total. The summed E-state index contributed by atoms with van der Waals surface area (Å²) in [6, 6.07) is 0.192. The van der Waals surface area contributed by atoms with Gasteiger partial charge in [-0.25, -0.2) is 0 Å². The highest BCUT2D eigenvalue weighted by Gasteiger charge is 2.33. The average molecular weight is 324 g/mol. The third kappa shape index (κ3) is 4.45. The molecule has 0 spiro atoms. The minimum absolute atomic E-state index is 0.148. The highest BCUT2D eigenvalue weighted by Crippen LogP contribution is 2.23. The predicted molar refractivity (Wildman–Crippen MR) is 85.6 cm³/mol. The van der Waals surface area contributed by atoms with E-state index in [0.29, 0.717) is 32.5 Å². The first kappa shape index (κ1) is 17.8. The molecule has 0 atom stereocenters. The standard InChI is InChI=1S/C17H28N2O4/c1-3-23-17(22)13-9-11-19(12-10-13)16(21)15(20)18(2)14-7-5-4-6-8-14/h13-14H,3-12H2,1-2H3. The highest BCUT2D eigenvalue weighted by molar-refractivity contribution is 6.34. The van der Waals surface area contributed by atoms with Gasteiger partial charge in [0.05, 0.1) is 12.5 Å². The molecular formula is C17H28N2O4. The number of carbonyl (C=O) groups excluding carboxylic acids is 3. The van der Waals surface area contributed by atoms with Crippen molar-refractivity contribution in [1.82, 2.24) is 9.80 Å². The summed E-state index contributed by atoms with van der Waals surface area (Å²) < 4.78 is 5.02. The molecule has 2 amide bonds. The topological polar surface area (TPSA) is 66.9 Å². The summed E-state index contributed by atoms with van der Waals surface area (Å²) in [7, 11) is 1.74. The first-order chi connectivity index (χ1) is 11.0. The molecule has 1 aliphatic carbocycles. The Hall–Kier alpha value is -1.59. The summed E-state index contributed by atoms with van der Waals surface area (Å²) in [6.45, 7) is 3.07. The lowest BCUT2D eigenvalue weighted by atomic mass is 9.94. The van der Waals surface area contributed by atoms with Gasteiger partial charge in [-0.15, -0.1) is 0 Å². The molecule has 6 heteroatoms. The normalized spacial score (nSPS) is 20.2. The largest absolute Gasteiger partial charge is 0.466 e. The second-order valence-corrected chi connectivity index (χ2v) is 6.53. The molecule has 0 N–H and O–H groups in total. The summed E-state index contributed by atoms with van der Waals surface area (Å²) in [5.41, 5.74) is 0. The van der Waals surface area contributed by atoms with Crippen molar-refractivity contribution in [3.05, 3.63) is 0 Å². The smallest absolute Gasteiger partial charge is 0.312 e. The Balaban J connectivity index is 1.83. The molecular weight excluding hydrogens is 296 g/mol. The van der Waals surface area contributed by atoms with Crippen molar-refractivity contribution in [3.8, 4) is 0 Å². The zero-order valence-corrected chi connectivity index (χ0v) is 14.3. The lowest BCUT2D eigenvalue weighted by molar-refractivity contribution is -0.156. The maximum atomic E-state index is 12.4. The van der Waals surface area contributed by atoms with Gasteiger partial charge in [-0.05, 0) is 32.6 Å². The number of amides is 2. The van der Waals surface area contributed by atoms with Gasteiger partial charge in [0.1, 0.15) is 0 Å².